The van der Waals surface area contributed by atoms with Crippen LogP contribution in [-0.2, 0) is 13.1 Å². The number of para-hydroxylation sites is 1. The maximum absolute atomic E-state index is 4.71. The van der Waals surface area contributed by atoms with Crippen LogP contribution in [0.4, 0.5) is 0 Å². The van der Waals surface area contributed by atoms with Crippen molar-refractivity contribution >= 4 is 17.3 Å². The number of nitrogens with one attached hydrogen (secondary N) is 2. The predicted molar refractivity (Wildman–Crippen MR) is 109 cm³/mol. The summed E-state index contributed by atoms with van der Waals surface area (Å²) in [6.07, 6.45) is 0. The molecule has 0 unspecified atom stereocenters. The van der Waals surface area contributed by atoms with E-state index < -0.39 is 0 Å². The summed E-state index contributed by atoms with van der Waals surface area (Å²) in [5.41, 5.74) is 5.70. The summed E-state index contributed by atoms with van der Waals surface area (Å²) in [6, 6.07) is 12.3. The molecule has 0 radical (unpaired) electrons. The van der Waals surface area contributed by atoms with Gasteiger partial charge >= 0.3 is 0 Å². The zero-order valence-electron chi connectivity index (χ0n) is 15.5. The average molecular weight is 368 g/mol. The highest BCUT2D eigenvalue weighted by Gasteiger charge is 2.13. The molecule has 26 heavy (non-hydrogen) atoms. The Balaban J connectivity index is 1.73. The van der Waals surface area contributed by atoms with E-state index in [1.807, 2.05) is 22.9 Å². The van der Waals surface area contributed by atoms with Crippen LogP contribution in [0.5, 0.6) is 0 Å². The summed E-state index contributed by atoms with van der Waals surface area (Å²) in [7, 11) is 0. The van der Waals surface area contributed by atoms with Crippen LogP contribution in [0, 0.1) is 13.8 Å². The largest absolute Gasteiger partial charge is 0.357 e. The number of rotatable bonds is 6. The van der Waals surface area contributed by atoms with Crippen molar-refractivity contribution in [1.82, 2.24) is 20.4 Å². The molecule has 0 fully saturated rings. The Labute approximate surface area is 158 Å². The third-order valence-corrected chi connectivity index (χ3v) is 4.95. The minimum Gasteiger partial charge on any atom is -0.357 e. The van der Waals surface area contributed by atoms with E-state index in [1.165, 1.54) is 11.1 Å². The number of aryl methyl sites for hydroxylation is 1. The fourth-order valence-electron chi connectivity index (χ4n) is 2.82. The third-order valence-electron chi connectivity index (χ3n) is 4.22. The van der Waals surface area contributed by atoms with Crippen LogP contribution in [0.3, 0.4) is 0 Å². The van der Waals surface area contributed by atoms with Gasteiger partial charge in [0.25, 0.3) is 0 Å². The third kappa shape index (κ3) is 4.32. The first-order chi connectivity index (χ1) is 12.7. The molecule has 6 heteroatoms. The van der Waals surface area contributed by atoms with Gasteiger partial charge in [-0.05, 0) is 55.3 Å². The van der Waals surface area contributed by atoms with Crippen LogP contribution in [0.2, 0.25) is 0 Å². The van der Waals surface area contributed by atoms with Crippen LogP contribution in [0.25, 0.3) is 5.69 Å². The molecule has 0 bridgehead atoms. The minimum atomic E-state index is 0.681. The topological polar surface area (TPSA) is 54.2 Å². The number of thiophene rings is 1. The van der Waals surface area contributed by atoms with Crippen molar-refractivity contribution in [2.75, 3.05) is 6.54 Å². The van der Waals surface area contributed by atoms with Crippen molar-refractivity contribution in [1.29, 1.82) is 0 Å². The van der Waals surface area contributed by atoms with E-state index in [2.05, 4.69) is 65.4 Å². The lowest BCUT2D eigenvalue weighted by Gasteiger charge is -2.12. The molecule has 0 saturated heterocycles. The first-order valence-electron chi connectivity index (χ1n) is 8.82. The van der Waals surface area contributed by atoms with Crippen molar-refractivity contribution in [3.8, 4) is 5.69 Å². The molecule has 136 valence electrons. The van der Waals surface area contributed by atoms with Gasteiger partial charge in [-0.1, -0.05) is 18.2 Å². The van der Waals surface area contributed by atoms with Crippen LogP contribution in [-0.4, -0.2) is 22.3 Å². The molecule has 1 aromatic carbocycles. The Hall–Kier alpha value is -2.60. The van der Waals surface area contributed by atoms with Gasteiger partial charge in [0.1, 0.15) is 0 Å². The first kappa shape index (κ1) is 18.2. The molecule has 0 aliphatic heterocycles. The maximum Gasteiger partial charge on any atom is 0.191 e. The van der Waals surface area contributed by atoms with Crippen molar-refractivity contribution in [3.63, 3.8) is 0 Å². The molecular weight excluding hydrogens is 342 g/mol. The summed E-state index contributed by atoms with van der Waals surface area (Å²) in [5.74, 6) is 0.824. The lowest BCUT2D eigenvalue weighted by molar-refractivity contribution is 0.806. The quantitative estimate of drug-likeness (QED) is 0.515. The zero-order chi connectivity index (χ0) is 18.4. The van der Waals surface area contributed by atoms with Gasteiger partial charge < -0.3 is 10.6 Å². The number of aliphatic imine (C=N–C) groups is 1. The molecule has 2 N–H and O–H groups in total. The Morgan fingerprint density at radius 1 is 1.15 bits per heavy atom. The van der Waals surface area contributed by atoms with Crippen LogP contribution < -0.4 is 10.6 Å². The molecule has 0 aliphatic rings. The Kier molecular flexibility index (Phi) is 6.07. The molecule has 0 aliphatic carbocycles. The van der Waals surface area contributed by atoms with Gasteiger partial charge in [0.15, 0.2) is 5.96 Å². The van der Waals surface area contributed by atoms with Crippen LogP contribution in [0.1, 0.15) is 29.4 Å². The van der Waals surface area contributed by atoms with E-state index >= 15 is 0 Å². The second kappa shape index (κ2) is 8.67. The molecular formula is C20H25N5S. The van der Waals surface area contributed by atoms with E-state index in [-0.39, 0.29) is 0 Å². The summed E-state index contributed by atoms with van der Waals surface area (Å²) in [5, 5.41) is 15.7. The highest BCUT2D eigenvalue weighted by atomic mass is 32.1. The summed E-state index contributed by atoms with van der Waals surface area (Å²) < 4.78 is 2.00. The number of guanidine groups is 1. The van der Waals surface area contributed by atoms with Gasteiger partial charge in [-0.15, -0.1) is 0 Å². The molecule has 2 aromatic heterocycles. The lowest BCUT2D eigenvalue weighted by atomic mass is 10.2. The number of hydrogen-bond acceptors (Lipinski definition) is 3. The molecule has 3 rings (SSSR count). The minimum absolute atomic E-state index is 0.681. The first-order valence-corrected chi connectivity index (χ1v) is 9.77. The van der Waals surface area contributed by atoms with E-state index in [9.17, 15) is 0 Å². The second-order valence-electron chi connectivity index (χ2n) is 6.08. The SMILES string of the molecule is CCNC(=NCc1ccsc1)NCc1c(C)nn(-c2ccccc2)c1C. The standard InChI is InChI=1S/C20H25N5S/c1-4-21-20(22-12-17-10-11-26-14-17)23-13-19-15(2)24-25(16(19)3)18-8-6-5-7-9-18/h5-11,14H,4,12-13H2,1-3H3,(H2,21,22,23). The van der Waals surface area contributed by atoms with Gasteiger partial charge in [-0.2, -0.15) is 16.4 Å². The Bertz CT molecular complexity index is 850. The summed E-state index contributed by atoms with van der Waals surface area (Å²) in [4.78, 5) is 4.67. The average Bonchev–Trinajstić information content (AvgIpc) is 3.27. The molecule has 0 amide bonds. The summed E-state index contributed by atoms with van der Waals surface area (Å²) >= 11 is 1.70. The fourth-order valence-corrected chi connectivity index (χ4v) is 3.48. The molecule has 5 nitrogen and oxygen atoms in total. The molecule has 0 saturated carbocycles. The normalized spacial score (nSPS) is 11.6. The molecule has 2 heterocycles. The lowest BCUT2D eigenvalue weighted by Crippen LogP contribution is -2.37. The van der Waals surface area contributed by atoms with Gasteiger partial charge in [-0.25, -0.2) is 9.67 Å². The van der Waals surface area contributed by atoms with E-state index in [0.717, 1.165) is 29.6 Å². The van der Waals surface area contributed by atoms with Gasteiger partial charge in [0.05, 0.1) is 17.9 Å². The molecule has 0 spiro atoms. The van der Waals surface area contributed by atoms with Crippen molar-refractivity contribution in [2.45, 2.75) is 33.9 Å². The number of aromatic nitrogens is 2. The summed E-state index contributed by atoms with van der Waals surface area (Å²) in [6.45, 7) is 8.45. The van der Waals surface area contributed by atoms with Gasteiger partial charge in [0.2, 0.25) is 0 Å². The Morgan fingerprint density at radius 2 is 1.96 bits per heavy atom. The Morgan fingerprint density at radius 3 is 2.65 bits per heavy atom. The van der Waals surface area contributed by atoms with E-state index in [0.29, 0.717) is 13.1 Å². The number of nitrogens with zero attached hydrogens (tertiary/aromatic N) is 3. The maximum atomic E-state index is 4.71. The smallest absolute Gasteiger partial charge is 0.191 e. The highest BCUT2D eigenvalue weighted by Crippen LogP contribution is 2.17. The van der Waals surface area contributed by atoms with Crippen molar-refractivity contribution < 1.29 is 0 Å². The second-order valence-corrected chi connectivity index (χ2v) is 6.86. The zero-order valence-corrected chi connectivity index (χ0v) is 16.3. The van der Waals surface area contributed by atoms with Crippen LogP contribution in [0.15, 0.2) is 52.2 Å². The van der Waals surface area contributed by atoms with Crippen LogP contribution >= 0.6 is 11.3 Å². The fraction of sp³-hybridized carbons (Fsp3) is 0.300. The monoisotopic (exact) mass is 367 g/mol. The van der Waals surface area contributed by atoms with Gasteiger partial charge in [-0.3, -0.25) is 0 Å². The number of hydrogen-bond donors (Lipinski definition) is 2. The molecule has 3 aromatic rings. The van der Waals surface area contributed by atoms with Crippen molar-refractivity contribution in [3.05, 3.63) is 69.7 Å². The number of benzene rings is 1. The molecule has 0 atom stereocenters. The van der Waals surface area contributed by atoms with Crippen molar-refractivity contribution in [2.24, 2.45) is 4.99 Å². The predicted octanol–water partition coefficient (Wildman–Crippen LogP) is 3.81. The van der Waals surface area contributed by atoms with E-state index in [1.54, 1.807) is 11.3 Å². The van der Waals surface area contributed by atoms with E-state index in [4.69, 9.17) is 5.10 Å². The highest BCUT2D eigenvalue weighted by molar-refractivity contribution is 7.07. The van der Waals surface area contributed by atoms with Gasteiger partial charge in [0, 0.05) is 24.3 Å².